The van der Waals surface area contributed by atoms with Crippen LogP contribution in [0.5, 0.6) is 0 Å². The first-order valence-corrected chi connectivity index (χ1v) is 8.21. The van der Waals surface area contributed by atoms with E-state index in [1.54, 1.807) is 0 Å². The summed E-state index contributed by atoms with van der Waals surface area (Å²) in [6.45, 7) is 2.16. The molecule has 0 aliphatic heterocycles. The Balaban J connectivity index is 2.25. The molecule has 0 aliphatic carbocycles. The molecule has 0 bridgehead atoms. The number of rotatable bonds is 3. The molecule has 0 saturated carbocycles. The summed E-state index contributed by atoms with van der Waals surface area (Å²) >= 11 is 10.9. The van der Waals surface area contributed by atoms with Gasteiger partial charge in [-0.2, -0.15) is 0 Å². The van der Waals surface area contributed by atoms with Gasteiger partial charge >= 0.3 is 0 Å². The smallest absolute Gasteiger partial charge is 0.0447 e. The molecule has 1 atom stereocenters. The Morgan fingerprint density at radius 1 is 1.06 bits per heavy atom. The van der Waals surface area contributed by atoms with Gasteiger partial charge in [0, 0.05) is 13.8 Å². The second-order valence-electron chi connectivity index (χ2n) is 4.26. The van der Waals surface area contributed by atoms with E-state index < -0.39 is 0 Å². The number of hydrogen-bond donors (Lipinski definition) is 0. The van der Waals surface area contributed by atoms with E-state index in [9.17, 15) is 0 Å². The molecule has 3 heteroatoms. The minimum atomic E-state index is 0.311. The van der Waals surface area contributed by atoms with Gasteiger partial charge in [-0.1, -0.05) is 72.1 Å². The number of benzene rings is 2. The second kappa shape index (κ2) is 6.36. The van der Waals surface area contributed by atoms with Crippen molar-refractivity contribution in [3.8, 4) is 0 Å². The fourth-order valence-corrected chi connectivity index (χ4v) is 3.83. The minimum Gasteiger partial charge on any atom is -0.0835 e. The lowest BCUT2D eigenvalue weighted by atomic mass is 10.0. The van der Waals surface area contributed by atoms with E-state index in [0.29, 0.717) is 4.83 Å². The predicted molar refractivity (Wildman–Crippen MR) is 88.4 cm³/mol. The van der Waals surface area contributed by atoms with Crippen molar-refractivity contribution >= 4 is 47.8 Å². The normalized spacial score (nSPS) is 12.4. The van der Waals surface area contributed by atoms with E-state index in [-0.39, 0.29) is 0 Å². The highest BCUT2D eigenvalue weighted by atomic mass is 79.9. The molecule has 0 radical (unpaired) electrons. The molecule has 0 fully saturated rings. The van der Waals surface area contributed by atoms with Gasteiger partial charge in [0.25, 0.3) is 0 Å². The molecule has 1 unspecified atom stereocenters. The highest BCUT2D eigenvalue weighted by Crippen LogP contribution is 2.34. The summed E-state index contributed by atoms with van der Waals surface area (Å²) in [4.78, 5) is 0.311. The third-order valence-electron chi connectivity index (χ3n) is 2.96. The average Bonchev–Trinajstić information content (AvgIpc) is 2.35. The molecule has 2 rings (SSSR count). The van der Waals surface area contributed by atoms with Crippen LogP contribution in [0.25, 0.3) is 0 Å². The van der Waals surface area contributed by atoms with E-state index in [1.807, 2.05) is 6.07 Å². The van der Waals surface area contributed by atoms with E-state index in [4.69, 9.17) is 0 Å². The molecule has 0 aliphatic rings. The van der Waals surface area contributed by atoms with Gasteiger partial charge in [-0.3, -0.25) is 0 Å². The van der Waals surface area contributed by atoms with Crippen LogP contribution in [0.2, 0.25) is 0 Å². The van der Waals surface area contributed by atoms with Crippen LogP contribution in [0.3, 0.4) is 0 Å². The lowest BCUT2D eigenvalue weighted by Gasteiger charge is -2.14. The van der Waals surface area contributed by atoms with Gasteiger partial charge in [-0.25, -0.2) is 0 Å². The molecular formula is C15H13Br3. The van der Waals surface area contributed by atoms with Crippen molar-refractivity contribution in [2.45, 2.75) is 18.2 Å². The monoisotopic (exact) mass is 430 g/mol. The van der Waals surface area contributed by atoms with Crippen LogP contribution >= 0.6 is 47.8 Å². The maximum absolute atomic E-state index is 3.79. The predicted octanol–water partition coefficient (Wildman–Crippen LogP) is 6.20. The summed E-state index contributed by atoms with van der Waals surface area (Å²) in [5.41, 5.74) is 3.99. The molecule has 0 N–H and O–H groups in total. The zero-order valence-electron chi connectivity index (χ0n) is 9.96. The molecule has 2 aromatic rings. The van der Waals surface area contributed by atoms with E-state index in [1.165, 1.54) is 16.7 Å². The summed E-state index contributed by atoms with van der Waals surface area (Å²) in [7, 11) is 0. The van der Waals surface area contributed by atoms with E-state index >= 15 is 0 Å². The van der Waals surface area contributed by atoms with Gasteiger partial charge in [-0.15, -0.1) is 0 Å². The van der Waals surface area contributed by atoms with E-state index in [2.05, 4.69) is 91.1 Å². The van der Waals surface area contributed by atoms with Crippen LogP contribution < -0.4 is 0 Å². The molecule has 18 heavy (non-hydrogen) atoms. The lowest BCUT2D eigenvalue weighted by Crippen LogP contribution is -1.98. The number of aryl methyl sites for hydroxylation is 1. The molecule has 0 spiro atoms. The van der Waals surface area contributed by atoms with Crippen molar-refractivity contribution in [3.05, 3.63) is 68.1 Å². The van der Waals surface area contributed by atoms with Gasteiger partial charge < -0.3 is 0 Å². The van der Waals surface area contributed by atoms with Crippen LogP contribution in [0, 0.1) is 6.92 Å². The standard InChI is InChI=1S/C15H13Br3/c1-10-4-2-3-5-11(10)8-15(18)13-9-12(16)6-7-14(13)17/h2-7,9,15H,8H2,1H3. The minimum absolute atomic E-state index is 0.311. The fraction of sp³-hybridized carbons (Fsp3) is 0.200. The third-order valence-corrected chi connectivity index (χ3v) is 4.99. The van der Waals surface area contributed by atoms with Gasteiger partial charge in [0.1, 0.15) is 0 Å². The Morgan fingerprint density at radius 3 is 2.50 bits per heavy atom. The van der Waals surface area contributed by atoms with Crippen molar-refractivity contribution in [1.82, 2.24) is 0 Å². The maximum atomic E-state index is 3.79. The molecule has 2 aromatic carbocycles. The Kier molecular flexibility index (Phi) is 5.05. The quantitative estimate of drug-likeness (QED) is 0.506. The highest BCUT2D eigenvalue weighted by Gasteiger charge is 2.13. The first kappa shape index (κ1) is 14.3. The zero-order chi connectivity index (χ0) is 13.1. The SMILES string of the molecule is Cc1ccccc1CC(Br)c1cc(Br)ccc1Br. The molecule has 0 nitrogen and oxygen atoms in total. The summed E-state index contributed by atoms with van der Waals surface area (Å²) in [6, 6.07) is 14.8. The molecule has 0 saturated heterocycles. The third kappa shape index (κ3) is 3.46. The lowest BCUT2D eigenvalue weighted by molar-refractivity contribution is 0.932. The zero-order valence-corrected chi connectivity index (χ0v) is 14.7. The summed E-state index contributed by atoms with van der Waals surface area (Å²) < 4.78 is 2.25. The van der Waals surface area contributed by atoms with Crippen LogP contribution in [-0.4, -0.2) is 0 Å². The topological polar surface area (TPSA) is 0 Å². The van der Waals surface area contributed by atoms with Crippen LogP contribution in [-0.2, 0) is 6.42 Å². The Hall–Kier alpha value is -0.120. The number of alkyl halides is 1. The van der Waals surface area contributed by atoms with Crippen molar-refractivity contribution in [2.75, 3.05) is 0 Å². The molecular weight excluding hydrogens is 420 g/mol. The van der Waals surface area contributed by atoms with Gasteiger partial charge in [-0.05, 0) is 48.2 Å². The van der Waals surface area contributed by atoms with E-state index in [0.717, 1.165) is 15.4 Å². The van der Waals surface area contributed by atoms with Crippen LogP contribution in [0.4, 0.5) is 0 Å². The van der Waals surface area contributed by atoms with Crippen molar-refractivity contribution in [2.24, 2.45) is 0 Å². The summed E-state index contributed by atoms with van der Waals surface area (Å²) in [6.07, 6.45) is 0.988. The second-order valence-corrected chi connectivity index (χ2v) is 7.14. The maximum Gasteiger partial charge on any atom is 0.0447 e. The summed E-state index contributed by atoms with van der Waals surface area (Å²) in [5, 5.41) is 0. The number of halogens is 3. The van der Waals surface area contributed by atoms with Crippen molar-refractivity contribution in [1.29, 1.82) is 0 Å². The first-order chi connectivity index (χ1) is 8.58. The van der Waals surface area contributed by atoms with Crippen molar-refractivity contribution < 1.29 is 0 Å². The highest BCUT2D eigenvalue weighted by molar-refractivity contribution is 9.11. The Morgan fingerprint density at radius 2 is 1.78 bits per heavy atom. The summed E-state index contributed by atoms with van der Waals surface area (Å²) in [5.74, 6) is 0. The average molecular weight is 433 g/mol. The van der Waals surface area contributed by atoms with Crippen LogP contribution in [0.1, 0.15) is 21.5 Å². The molecule has 0 aromatic heterocycles. The Bertz CT molecular complexity index is 549. The first-order valence-electron chi connectivity index (χ1n) is 5.71. The van der Waals surface area contributed by atoms with Gasteiger partial charge in [0.15, 0.2) is 0 Å². The fourth-order valence-electron chi connectivity index (χ4n) is 1.90. The largest absolute Gasteiger partial charge is 0.0835 e. The molecule has 0 heterocycles. The van der Waals surface area contributed by atoms with Crippen molar-refractivity contribution in [3.63, 3.8) is 0 Å². The Labute approximate surface area is 133 Å². The molecule has 94 valence electrons. The van der Waals surface area contributed by atoms with Gasteiger partial charge in [0.05, 0.1) is 0 Å². The van der Waals surface area contributed by atoms with Gasteiger partial charge in [0.2, 0.25) is 0 Å². The molecule has 0 amide bonds. The van der Waals surface area contributed by atoms with Crippen LogP contribution in [0.15, 0.2) is 51.4 Å². The number of hydrogen-bond acceptors (Lipinski definition) is 0.